The molecule has 0 fully saturated rings. The molecule has 2 rings (SSSR count). The Morgan fingerprint density at radius 2 is 0.397 bits per heavy atom. The molecule has 0 amide bonds. The van der Waals surface area contributed by atoms with Crippen LogP contribution in [-0.2, 0) is 90.2 Å². The molecule has 21 heteroatoms. The Kier molecular flexibility index (Phi) is 35.2. The Hall–Kier alpha value is -2.26. The van der Waals surface area contributed by atoms with Gasteiger partial charge in [0, 0.05) is 0 Å². The van der Waals surface area contributed by atoms with Crippen LogP contribution >= 0.6 is 0 Å². The molecule has 0 heterocycles. The van der Waals surface area contributed by atoms with Crippen molar-refractivity contribution in [2.75, 3.05) is 185 Å². The van der Waals surface area contributed by atoms with Gasteiger partial charge in [-0.2, -0.15) is 16.8 Å². The van der Waals surface area contributed by atoms with Gasteiger partial charge in [-0.3, -0.25) is 8.37 Å². The zero-order valence-electron chi connectivity index (χ0n) is 37.0. The lowest BCUT2D eigenvalue weighted by atomic mass is 10.2. The van der Waals surface area contributed by atoms with E-state index in [2.05, 4.69) is 0 Å². The summed E-state index contributed by atoms with van der Waals surface area (Å²) in [6.07, 6.45) is 0. The second kappa shape index (κ2) is 39.0. The van der Waals surface area contributed by atoms with Crippen molar-refractivity contribution in [3.05, 3.63) is 59.7 Å². The second-order valence-corrected chi connectivity index (χ2v) is 16.4. The van der Waals surface area contributed by atoms with Crippen molar-refractivity contribution in [2.45, 2.75) is 23.6 Å². The van der Waals surface area contributed by atoms with Gasteiger partial charge >= 0.3 is 0 Å². The Labute approximate surface area is 374 Å². The summed E-state index contributed by atoms with van der Waals surface area (Å²) in [6.45, 7) is 14.2. The van der Waals surface area contributed by atoms with Crippen LogP contribution in [0.4, 0.5) is 0 Å². The van der Waals surface area contributed by atoms with Gasteiger partial charge < -0.3 is 61.6 Å². The molecule has 2 aromatic rings. The third-order valence-electron chi connectivity index (χ3n) is 8.02. The lowest BCUT2D eigenvalue weighted by Gasteiger charge is -2.09. The SMILES string of the molecule is Cc1ccc(S(=O)(=O)OCCOCCOCCOCCOCCOCCOCCOCCOCCOCCOCCOCCOCCOCCOS(=O)(=O)c2ccc(C)cc2)cc1. The second-order valence-electron chi connectivity index (χ2n) is 13.1. The zero-order valence-corrected chi connectivity index (χ0v) is 38.6. The first kappa shape index (κ1) is 56.9. The maximum atomic E-state index is 12.1. The molecular formula is C42H70O19S2. The molecule has 2 aromatic carbocycles. The zero-order chi connectivity index (χ0) is 45.4. The summed E-state index contributed by atoms with van der Waals surface area (Å²) in [6, 6.07) is 12.9. The van der Waals surface area contributed by atoms with Crippen molar-refractivity contribution in [2.24, 2.45) is 0 Å². The molecule has 0 atom stereocenters. The van der Waals surface area contributed by atoms with E-state index in [0.29, 0.717) is 159 Å². The van der Waals surface area contributed by atoms with Gasteiger partial charge in [0.1, 0.15) is 0 Å². The number of ether oxygens (including phenoxy) is 13. The third-order valence-corrected chi connectivity index (χ3v) is 10.7. The van der Waals surface area contributed by atoms with Gasteiger partial charge in [-0.15, -0.1) is 0 Å². The van der Waals surface area contributed by atoms with E-state index in [-0.39, 0.29) is 36.2 Å². The van der Waals surface area contributed by atoms with Crippen LogP contribution in [0.25, 0.3) is 0 Å². The van der Waals surface area contributed by atoms with Crippen molar-refractivity contribution in [1.82, 2.24) is 0 Å². The van der Waals surface area contributed by atoms with E-state index in [0.717, 1.165) is 11.1 Å². The average Bonchev–Trinajstić information content (AvgIpc) is 3.27. The maximum absolute atomic E-state index is 12.1. The molecule has 364 valence electrons. The van der Waals surface area contributed by atoms with Crippen LogP contribution < -0.4 is 0 Å². The standard InChI is InChI=1S/C42H70O19S2/c1-39-3-7-41(8-4-39)62(43,44)60-37-35-58-33-31-56-29-27-54-25-23-52-21-19-50-17-15-48-13-11-47-12-14-49-16-18-51-20-22-53-24-26-55-28-30-57-32-34-59-36-38-61-63(45,46)42-9-5-40(2)6-10-42/h3-10H,11-38H2,1-2H3. The Morgan fingerprint density at radius 3 is 0.556 bits per heavy atom. The minimum Gasteiger partial charge on any atom is -0.377 e. The topological polar surface area (TPSA) is 207 Å². The molecule has 0 aliphatic carbocycles. The lowest BCUT2D eigenvalue weighted by Crippen LogP contribution is -2.16. The van der Waals surface area contributed by atoms with Gasteiger partial charge in [0.15, 0.2) is 0 Å². The smallest absolute Gasteiger partial charge is 0.297 e. The van der Waals surface area contributed by atoms with Crippen LogP contribution in [0.5, 0.6) is 0 Å². The Bertz CT molecular complexity index is 1430. The summed E-state index contributed by atoms with van der Waals surface area (Å²) < 4.78 is 129. The number of rotatable bonds is 46. The normalized spacial score (nSPS) is 12.1. The highest BCUT2D eigenvalue weighted by molar-refractivity contribution is 7.87. The van der Waals surface area contributed by atoms with Crippen molar-refractivity contribution in [3.63, 3.8) is 0 Å². The minimum atomic E-state index is -3.79. The molecule has 0 bridgehead atoms. The monoisotopic (exact) mass is 942 g/mol. The summed E-state index contributed by atoms with van der Waals surface area (Å²) in [5.41, 5.74) is 1.94. The van der Waals surface area contributed by atoms with Gasteiger partial charge in [-0.05, 0) is 38.1 Å². The van der Waals surface area contributed by atoms with Crippen LogP contribution in [0.1, 0.15) is 11.1 Å². The summed E-state index contributed by atoms with van der Waals surface area (Å²) in [7, 11) is -7.57. The summed E-state index contributed by atoms with van der Waals surface area (Å²) in [5, 5.41) is 0. The molecule has 0 spiro atoms. The van der Waals surface area contributed by atoms with Crippen molar-refractivity contribution < 1.29 is 86.8 Å². The lowest BCUT2D eigenvalue weighted by molar-refractivity contribution is -0.0293. The van der Waals surface area contributed by atoms with Crippen LogP contribution in [0.3, 0.4) is 0 Å². The predicted molar refractivity (Wildman–Crippen MR) is 229 cm³/mol. The van der Waals surface area contributed by atoms with Gasteiger partial charge in [-0.1, -0.05) is 35.4 Å². The molecule has 0 aliphatic rings. The highest BCUT2D eigenvalue weighted by Crippen LogP contribution is 2.14. The van der Waals surface area contributed by atoms with Crippen molar-refractivity contribution in [3.8, 4) is 0 Å². The van der Waals surface area contributed by atoms with Crippen molar-refractivity contribution >= 4 is 20.2 Å². The molecule has 0 aromatic heterocycles. The Morgan fingerprint density at radius 1 is 0.254 bits per heavy atom. The summed E-state index contributed by atoms with van der Waals surface area (Å²) >= 11 is 0. The van der Waals surface area contributed by atoms with Crippen LogP contribution in [0.2, 0.25) is 0 Å². The Balaban J connectivity index is 1.15. The number of hydrogen-bond acceptors (Lipinski definition) is 19. The minimum absolute atomic E-state index is 0.0690. The molecule has 63 heavy (non-hydrogen) atoms. The van der Waals surface area contributed by atoms with Gasteiger partial charge in [0.2, 0.25) is 0 Å². The first-order valence-corrected chi connectivity index (χ1v) is 24.0. The maximum Gasteiger partial charge on any atom is 0.297 e. The van der Waals surface area contributed by atoms with E-state index in [4.69, 9.17) is 69.9 Å². The molecule has 0 saturated heterocycles. The number of benzene rings is 2. The molecule has 0 radical (unpaired) electrons. The van der Waals surface area contributed by atoms with Crippen LogP contribution in [0.15, 0.2) is 58.3 Å². The van der Waals surface area contributed by atoms with E-state index in [9.17, 15) is 16.8 Å². The van der Waals surface area contributed by atoms with Crippen LogP contribution in [0, 0.1) is 13.8 Å². The first-order valence-electron chi connectivity index (χ1n) is 21.1. The van der Waals surface area contributed by atoms with E-state index in [1.165, 1.54) is 24.3 Å². The highest BCUT2D eigenvalue weighted by Gasteiger charge is 2.15. The van der Waals surface area contributed by atoms with E-state index in [1.54, 1.807) is 24.3 Å². The molecule has 0 saturated carbocycles. The third kappa shape index (κ3) is 33.0. The molecule has 0 unspecified atom stereocenters. The largest absolute Gasteiger partial charge is 0.377 e. The molecule has 0 aliphatic heterocycles. The van der Waals surface area contributed by atoms with Crippen molar-refractivity contribution in [1.29, 1.82) is 0 Å². The van der Waals surface area contributed by atoms with Crippen LogP contribution in [-0.4, -0.2) is 202 Å². The molecule has 0 N–H and O–H groups in total. The average molecular weight is 943 g/mol. The molecule has 19 nitrogen and oxygen atoms in total. The van der Waals surface area contributed by atoms with Gasteiger partial charge in [0.05, 0.1) is 195 Å². The summed E-state index contributed by atoms with van der Waals surface area (Å²) in [5.74, 6) is 0. The van der Waals surface area contributed by atoms with E-state index < -0.39 is 20.2 Å². The fourth-order valence-electron chi connectivity index (χ4n) is 4.69. The first-order chi connectivity index (χ1) is 30.7. The predicted octanol–water partition coefficient (Wildman–Crippen LogP) is 2.63. The molecular weight excluding hydrogens is 873 g/mol. The van der Waals surface area contributed by atoms with E-state index >= 15 is 0 Å². The quantitative estimate of drug-likeness (QED) is 0.0691. The van der Waals surface area contributed by atoms with Gasteiger partial charge in [-0.25, -0.2) is 0 Å². The van der Waals surface area contributed by atoms with Gasteiger partial charge in [0.25, 0.3) is 20.2 Å². The fraction of sp³-hybridized carbons (Fsp3) is 0.714. The van der Waals surface area contributed by atoms with E-state index in [1.807, 2.05) is 13.8 Å². The highest BCUT2D eigenvalue weighted by atomic mass is 32.2. The number of hydrogen-bond donors (Lipinski definition) is 0. The summed E-state index contributed by atoms with van der Waals surface area (Å²) in [4.78, 5) is 0.241. The number of aryl methyl sites for hydroxylation is 2. The fourth-order valence-corrected chi connectivity index (χ4v) is 6.48.